The maximum Gasteiger partial charge on any atom is 0.276 e. The first-order valence-corrected chi connectivity index (χ1v) is 8.39. The van der Waals surface area contributed by atoms with Gasteiger partial charge in [-0.15, -0.1) is 0 Å². The molecule has 0 atom stereocenters. The van der Waals surface area contributed by atoms with Gasteiger partial charge in [-0.1, -0.05) is 49.2 Å². The van der Waals surface area contributed by atoms with Gasteiger partial charge < -0.3 is 4.74 Å². The lowest BCUT2D eigenvalue weighted by atomic mass is 10.0. The summed E-state index contributed by atoms with van der Waals surface area (Å²) in [5, 5.41) is 0.603. The minimum absolute atomic E-state index is 0.166. The first-order valence-electron chi connectivity index (χ1n) is 7.64. The van der Waals surface area contributed by atoms with E-state index in [0.29, 0.717) is 16.7 Å². The summed E-state index contributed by atoms with van der Waals surface area (Å²) in [6.07, 6.45) is 0. The summed E-state index contributed by atoms with van der Waals surface area (Å²) in [6, 6.07) is 12.0. The molecular formula is C18H18Cl2N2O3. The molecule has 0 unspecified atom stereocenters. The quantitative estimate of drug-likeness (QED) is 0.771. The fraction of sp³-hybridized carbons (Fsp3) is 0.222. The molecule has 132 valence electrons. The van der Waals surface area contributed by atoms with Crippen molar-refractivity contribution >= 4 is 35.0 Å². The zero-order valence-electron chi connectivity index (χ0n) is 13.8. The number of hydrazine groups is 1. The van der Waals surface area contributed by atoms with Gasteiger partial charge in [0.2, 0.25) is 0 Å². The number of amides is 2. The molecule has 7 heteroatoms. The van der Waals surface area contributed by atoms with E-state index in [1.165, 1.54) is 17.7 Å². The summed E-state index contributed by atoms with van der Waals surface area (Å²) in [4.78, 5) is 23.8. The van der Waals surface area contributed by atoms with Gasteiger partial charge >= 0.3 is 0 Å². The van der Waals surface area contributed by atoms with Crippen LogP contribution in [0.3, 0.4) is 0 Å². The number of carbonyl (C=O) groups excluding carboxylic acids is 2. The van der Waals surface area contributed by atoms with Crippen molar-refractivity contribution in [3.05, 3.63) is 63.6 Å². The standard InChI is InChI=1S/C18H18Cl2N2O3/c1-11(2)12-3-6-14(7-4-12)25-10-17(23)21-22-18(24)15-9-13(19)5-8-16(15)20/h3-9,11H,10H2,1-2H3,(H,21,23)(H,22,24). The largest absolute Gasteiger partial charge is 0.484 e. The Morgan fingerprint density at radius 3 is 2.36 bits per heavy atom. The zero-order valence-corrected chi connectivity index (χ0v) is 15.3. The van der Waals surface area contributed by atoms with E-state index in [4.69, 9.17) is 27.9 Å². The predicted molar refractivity (Wildman–Crippen MR) is 98.1 cm³/mol. The first kappa shape index (κ1) is 19.1. The van der Waals surface area contributed by atoms with Gasteiger partial charge in [0.05, 0.1) is 10.6 Å². The predicted octanol–water partition coefficient (Wildman–Crippen LogP) is 3.96. The molecule has 0 saturated heterocycles. The number of hydrogen-bond acceptors (Lipinski definition) is 3. The van der Waals surface area contributed by atoms with Crippen LogP contribution in [-0.4, -0.2) is 18.4 Å². The van der Waals surface area contributed by atoms with Crippen molar-refractivity contribution in [1.82, 2.24) is 10.9 Å². The highest BCUT2D eigenvalue weighted by Crippen LogP contribution is 2.20. The fourth-order valence-electron chi connectivity index (χ4n) is 2.00. The topological polar surface area (TPSA) is 67.4 Å². The monoisotopic (exact) mass is 380 g/mol. The lowest BCUT2D eigenvalue weighted by Crippen LogP contribution is -2.43. The molecule has 2 aromatic carbocycles. The van der Waals surface area contributed by atoms with Gasteiger partial charge in [-0.05, 0) is 41.8 Å². The highest BCUT2D eigenvalue weighted by molar-refractivity contribution is 6.35. The van der Waals surface area contributed by atoms with E-state index in [1.54, 1.807) is 18.2 Å². The Labute approximate surface area is 156 Å². The van der Waals surface area contributed by atoms with Crippen molar-refractivity contribution in [2.45, 2.75) is 19.8 Å². The molecule has 0 fully saturated rings. The second kappa shape index (κ2) is 8.74. The Balaban J connectivity index is 1.82. The Kier molecular flexibility index (Phi) is 6.67. The minimum atomic E-state index is -0.567. The van der Waals surface area contributed by atoms with E-state index in [-0.39, 0.29) is 17.2 Å². The number of carbonyl (C=O) groups is 2. The van der Waals surface area contributed by atoms with Crippen LogP contribution in [0.15, 0.2) is 42.5 Å². The van der Waals surface area contributed by atoms with E-state index < -0.39 is 11.8 Å². The Hall–Kier alpha value is -2.24. The molecule has 5 nitrogen and oxygen atoms in total. The Bertz CT molecular complexity index is 761. The molecule has 2 rings (SSSR count). The molecular weight excluding hydrogens is 363 g/mol. The second-order valence-electron chi connectivity index (χ2n) is 5.64. The number of halogens is 2. The fourth-order valence-corrected chi connectivity index (χ4v) is 2.37. The van der Waals surface area contributed by atoms with Crippen molar-refractivity contribution in [3.63, 3.8) is 0 Å². The van der Waals surface area contributed by atoms with Gasteiger partial charge in [-0.25, -0.2) is 0 Å². The maximum atomic E-state index is 12.0. The van der Waals surface area contributed by atoms with Gasteiger partial charge in [-0.3, -0.25) is 20.4 Å². The van der Waals surface area contributed by atoms with Crippen LogP contribution < -0.4 is 15.6 Å². The minimum Gasteiger partial charge on any atom is -0.484 e. The van der Waals surface area contributed by atoms with Crippen LogP contribution in [0.1, 0.15) is 35.7 Å². The molecule has 0 aromatic heterocycles. The van der Waals surface area contributed by atoms with Gasteiger partial charge in [0.25, 0.3) is 11.8 Å². The summed E-state index contributed by atoms with van der Waals surface area (Å²) >= 11 is 11.8. The van der Waals surface area contributed by atoms with E-state index in [0.717, 1.165) is 0 Å². The smallest absolute Gasteiger partial charge is 0.276 e. The number of benzene rings is 2. The van der Waals surface area contributed by atoms with Crippen molar-refractivity contribution in [2.24, 2.45) is 0 Å². The van der Waals surface area contributed by atoms with Crippen LogP contribution in [0.25, 0.3) is 0 Å². The van der Waals surface area contributed by atoms with Crippen LogP contribution in [0.2, 0.25) is 10.0 Å². The molecule has 0 radical (unpaired) electrons. The molecule has 2 N–H and O–H groups in total. The second-order valence-corrected chi connectivity index (χ2v) is 6.48. The van der Waals surface area contributed by atoms with Gasteiger partial charge in [0, 0.05) is 5.02 Å². The first-order chi connectivity index (χ1) is 11.9. The van der Waals surface area contributed by atoms with Crippen LogP contribution in [0.4, 0.5) is 0 Å². The van der Waals surface area contributed by atoms with Crippen molar-refractivity contribution in [3.8, 4) is 5.75 Å². The molecule has 0 spiro atoms. The van der Waals surface area contributed by atoms with Gasteiger partial charge in [-0.2, -0.15) is 0 Å². The normalized spacial score (nSPS) is 10.4. The van der Waals surface area contributed by atoms with Gasteiger partial charge in [0.15, 0.2) is 6.61 Å². The summed E-state index contributed by atoms with van der Waals surface area (Å²) in [6.45, 7) is 3.96. The maximum absolute atomic E-state index is 12.0. The summed E-state index contributed by atoms with van der Waals surface area (Å²) in [5.41, 5.74) is 5.88. The average molecular weight is 381 g/mol. The van der Waals surface area contributed by atoms with Crippen LogP contribution in [0, 0.1) is 0 Å². The average Bonchev–Trinajstić information content (AvgIpc) is 2.60. The SMILES string of the molecule is CC(C)c1ccc(OCC(=O)NNC(=O)c2cc(Cl)ccc2Cl)cc1. The molecule has 2 amide bonds. The number of rotatable bonds is 5. The molecule has 25 heavy (non-hydrogen) atoms. The van der Waals surface area contributed by atoms with Crippen molar-refractivity contribution in [1.29, 1.82) is 0 Å². The van der Waals surface area contributed by atoms with E-state index in [9.17, 15) is 9.59 Å². The molecule has 0 heterocycles. The van der Waals surface area contributed by atoms with Crippen LogP contribution in [-0.2, 0) is 4.79 Å². The summed E-state index contributed by atoms with van der Waals surface area (Å²) in [5.74, 6) is -0.0730. The molecule has 2 aromatic rings. The van der Waals surface area contributed by atoms with Gasteiger partial charge in [0.1, 0.15) is 5.75 Å². The third-order valence-electron chi connectivity index (χ3n) is 3.41. The molecule has 0 aliphatic rings. The molecule has 0 bridgehead atoms. The van der Waals surface area contributed by atoms with E-state index in [2.05, 4.69) is 24.7 Å². The summed E-state index contributed by atoms with van der Waals surface area (Å²) < 4.78 is 5.37. The summed E-state index contributed by atoms with van der Waals surface area (Å²) in [7, 11) is 0. The lowest BCUT2D eigenvalue weighted by molar-refractivity contribution is -0.123. The van der Waals surface area contributed by atoms with Crippen LogP contribution >= 0.6 is 23.2 Å². The number of ether oxygens (including phenoxy) is 1. The highest BCUT2D eigenvalue weighted by atomic mass is 35.5. The third-order valence-corrected chi connectivity index (χ3v) is 3.97. The van der Waals surface area contributed by atoms with E-state index >= 15 is 0 Å². The lowest BCUT2D eigenvalue weighted by Gasteiger charge is -2.10. The van der Waals surface area contributed by atoms with Crippen molar-refractivity contribution < 1.29 is 14.3 Å². The number of hydrogen-bond donors (Lipinski definition) is 2. The molecule has 0 aliphatic carbocycles. The Morgan fingerprint density at radius 2 is 1.72 bits per heavy atom. The third kappa shape index (κ3) is 5.66. The molecule has 0 saturated carbocycles. The zero-order chi connectivity index (χ0) is 18.4. The van der Waals surface area contributed by atoms with E-state index in [1.807, 2.05) is 12.1 Å². The van der Waals surface area contributed by atoms with Crippen LogP contribution in [0.5, 0.6) is 5.75 Å². The molecule has 0 aliphatic heterocycles. The Morgan fingerprint density at radius 1 is 1.04 bits per heavy atom. The van der Waals surface area contributed by atoms with Crippen molar-refractivity contribution in [2.75, 3.05) is 6.61 Å². The highest BCUT2D eigenvalue weighted by Gasteiger charge is 2.12. The number of nitrogens with one attached hydrogen (secondary N) is 2.